The van der Waals surface area contributed by atoms with Crippen LogP contribution in [0.15, 0.2) is 38.5 Å². The van der Waals surface area contributed by atoms with E-state index in [0.29, 0.717) is 34.8 Å². The number of furan rings is 2. The lowest BCUT2D eigenvalue weighted by Gasteiger charge is -2.14. The van der Waals surface area contributed by atoms with Gasteiger partial charge >= 0.3 is 0 Å². The van der Waals surface area contributed by atoms with Crippen molar-refractivity contribution in [1.82, 2.24) is 9.88 Å². The predicted octanol–water partition coefficient (Wildman–Crippen LogP) is 4.70. The molecular formula is C19H20N2O3S. The fraction of sp³-hybridized carbons (Fsp3) is 0.368. The van der Waals surface area contributed by atoms with Gasteiger partial charge in [-0.25, -0.2) is 4.98 Å². The van der Waals surface area contributed by atoms with E-state index >= 15 is 0 Å². The van der Waals surface area contributed by atoms with E-state index in [0.717, 1.165) is 17.3 Å². The lowest BCUT2D eigenvalue weighted by atomic mass is 10.3. The monoisotopic (exact) mass is 356 g/mol. The Morgan fingerprint density at radius 2 is 2.12 bits per heavy atom. The molecule has 0 radical (unpaired) electrons. The molecule has 1 amide bonds. The third-order valence-electron chi connectivity index (χ3n) is 4.57. The van der Waals surface area contributed by atoms with Gasteiger partial charge in [0.25, 0.3) is 5.91 Å². The van der Waals surface area contributed by atoms with Crippen LogP contribution in [0.3, 0.4) is 0 Å². The van der Waals surface area contributed by atoms with Crippen molar-refractivity contribution >= 4 is 17.2 Å². The number of carbonyl (C=O) groups excluding carboxylic acids is 1. The maximum Gasteiger partial charge on any atom is 0.273 e. The maximum absolute atomic E-state index is 12.6. The van der Waals surface area contributed by atoms with Crippen LogP contribution in [0.1, 0.15) is 47.0 Å². The van der Waals surface area contributed by atoms with Gasteiger partial charge in [0.2, 0.25) is 0 Å². The summed E-state index contributed by atoms with van der Waals surface area (Å²) in [6, 6.07) is 7.75. The predicted molar refractivity (Wildman–Crippen MR) is 95.6 cm³/mol. The highest BCUT2D eigenvalue weighted by Gasteiger charge is 2.36. The van der Waals surface area contributed by atoms with E-state index in [1.165, 1.54) is 17.8 Å². The Morgan fingerprint density at radius 3 is 2.80 bits per heavy atom. The minimum Gasteiger partial charge on any atom is -0.464 e. The van der Waals surface area contributed by atoms with Gasteiger partial charge in [0.15, 0.2) is 10.8 Å². The van der Waals surface area contributed by atoms with E-state index in [9.17, 15) is 4.79 Å². The first-order chi connectivity index (χ1) is 12.0. The molecular weight excluding hydrogens is 336 g/mol. The average Bonchev–Trinajstić information content (AvgIpc) is 3.04. The average molecular weight is 356 g/mol. The van der Waals surface area contributed by atoms with Gasteiger partial charge < -0.3 is 13.7 Å². The second kappa shape index (κ2) is 6.19. The number of hydrogen-bond acceptors (Lipinski definition) is 5. The number of nitrogens with zero attached hydrogens (tertiary/aromatic N) is 2. The molecule has 1 fully saturated rings. The Labute approximate surface area is 150 Å². The number of hydrogen-bond donors (Lipinski definition) is 0. The van der Waals surface area contributed by atoms with Crippen LogP contribution in [0.2, 0.25) is 0 Å². The van der Waals surface area contributed by atoms with Gasteiger partial charge in [0.1, 0.15) is 23.0 Å². The summed E-state index contributed by atoms with van der Waals surface area (Å²) in [7, 11) is 1.76. The van der Waals surface area contributed by atoms with E-state index in [-0.39, 0.29) is 5.91 Å². The maximum atomic E-state index is 12.6. The topological polar surface area (TPSA) is 59.5 Å². The minimum absolute atomic E-state index is 0.122. The summed E-state index contributed by atoms with van der Waals surface area (Å²) in [5.41, 5.74) is 0.430. The summed E-state index contributed by atoms with van der Waals surface area (Å²) in [4.78, 5) is 18.6. The first kappa shape index (κ1) is 16.1. The standard InChI is InChI=1S/C19H20N2O3S/c1-11-8-14(11)16-7-5-13(24-16)9-21(3)19(22)15-10-25-18(20-15)17-6-4-12(2)23-17/h4-7,10-11,14H,8-9H2,1-3H3/t11-,14-/m0/s1. The third kappa shape index (κ3) is 3.26. The number of aryl methyl sites for hydroxylation is 1. The Morgan fingerprint density at radius 1 is 1.32 bits per heavy atom. The molecule has 0 aromatic carbocycles. The number of aromatic nitrogens is 1. The molecule has 6 heteroatoms. The molecule has 3 aromatic heterocycles. The minimum atomic E-state index is -0.122. The van der Waals surface area contributed by atoms with Crippen molar-refractivity contribution in [2.45, 2.75) is 32.7 Å². The zero-order valence-electron chi connectivity index (χ0n) is 14.5. The molecule has 3 aromatic rings. The van der Waals surface area contributed by atoms with Gasteiger partial charge in [-0.1, -0.05) is 6.92 Å². The largest absolute Gasteiger partial charge is 0.464 e. The highest BCUT2D eigenvalue weighted by Crippen LogP contribution is 2.47. The zero-order valence-corrected chi connectivity index (χ0v) is 15.3. The SMILES string of the molecule is Cc1ccc(-c2nc(C(=O)N(C)Cc3ccc([C@H]4C[C@@H]4C)o3)cs2)o1. The van der Waals surface area contributed by atoms with Crippen LogP contribution >= 0.6 is 11.3 Å². The molecule has 4 rings (SSSR count). The van der Waals surface area contributed by atoms with Crippen molar-refractivity contribution in [3.63, 3.8) is 0 Å². The highest BCUT2D eigenvalue weighted by atomic mass is 32.1. The van der Waals surface area contributed by atoms with Crippen LogP contribution < -0.4 is 0 Å². The normalized spacial score (nSPS) is 19.2. The molecule has 1 aliphatic carbocycles. The van der Waals surface area contributed by atoms with Gasteiger partial charge in [-0.3, -0.25) is 4.79 Å². The Hall–Kier alpha value is -2.34. The van der Waals surface area contributed by atoms with Crippen molar-refractivity contribution in [3.05, 3.63) is 52.6 Å². The Kier molecular flexibility index (Phi) is 4.00. The summed E-state index contributed by atoms with van der Waals surface area (Å²) in [6.07, 6.45) is 1.19. The summed E-state index contributed by atoms with van der Waals surface area (Å²) < 4.78 is 11.5. The highest BCUT2D eigenvalue weighted by molar-refractivity contribution is 7.13. The second-order valence-corrected chi connectivity index (χ2v) is 7.59. The number of thiazole rings is 1. The second-order valence-electron chi connectivity index (χ2n) is 6.73. The van der Waals surface area contributed by atoms with E-state index in [4.69, 9.17) is 8.83 Å². The van der Waals surface area contributed by atoms with Crippen molar-refractivity contribution in [2.24, 2.45) is 5.92 Å². The molecule has 0 unspecified atom stereocenters. The molecule has 1 saturated carbocycles. The first-order valence-electron chi connectivity index (χ1n) is 8.37. The van der Waals surface area contributed by atoms with E-state index in [1.54, 1.807) is 17.3 Å². The van der Waals surface area contributed by atoms with Gasteiger partial charge in [0.05, 0.1) is 6.54 Å². The van der Waals surface area contributed by atoms with Gasteiger partial charge in [-0.05, 0) is 43.5 Å². The summed E-state index contributed by atoms with van der Waals surface area (Å²) >= 11 is 1.41. The summed E-state index contributed by atoms with van der Waals surface area (Å²) in [5.74, 6) is 4.50. The number of amides is 1. The molecule has 5 nitrogen and oxygen atoms in total. The lowest BCUT2D eigenvalue weighted by molar-refractivity contribution is 0.0770. The van der Waals surface area contributed by atoms with Crippen molar-refractivity contribution in [1.29, 1.82) is 0 Å². The Bertz CT molecular complexity index is 907. The molecule has 130 valence electrons. The van der Waals surface area contributed by atoms with Crippen LogP contribution in [-0.4, -0.2) is 22.8 Å². The van der Waals surface area contributed by atoms with Gasteiger partial charge in [-0.15, -0.1) is 11.3 Å². The number of rotatable bonds is 5. The van der Waals surface area contributed by atoms with Crippen LogP contribution in [-0.2, 0) is 6.54 Å². The lowest BCUT2D eigenvalue weighted by Crippen LogP contribution is -2.26. The van der Waals surface area contributed by atoms with Crippen LogP contribution in [0, 0.1) is 12.8 Å². The first-order valence-corrected chi connectivity index (χ1v) is 9.25. The molecule has 25 heavy (non-hydrogen) atoms. The van der Waals surface area contributed by atoms with Gasteiger partial charge in [-0.2, -0.15) is 0 Å². The summed E-state index contributed by atoms with van der Waals surface area (Å²) in [6.45, 7) is 4.55. The third-order valence-corrected chi connectivity index (χ3v) is 5.43. The molecule has 0 saturated heterocycles. The fourth-order valence-corrected chi connectivity index (χ4v) is 3.69. The van der Waals surface area contributed by atoms with Crippen molar-refractivity contribution in [3.8, 4) is 10.8 Å². The molecule has 3 heterocycles. The van der Waals surface area contributed by atoms with Crippen molar-refractivity contribution in [2.75, 3.05) is 7.05 Å². The van der Waals surface area contributed by atoms with Gasteiger partial charge in [0, 0.05) is 18.3 Å². The van der Waals surface area contributed by atoms with E-state index in [1.807, 2.05) is 31.2 Å². The van der Waals surface area contributed by atoms with Crippen LogP contribution in [0.5, 0.6) is 0 Å². The molecule has 0 N–H and O–H groups in total. The molecule has 1 aliphatic rings. The molecule has 0 aliphatic heterocycles. The molecule has 0 bridgehead atoms. The van der Waals surface area contributed by atoms with Crippen LogP contribution in [0.4, 0.5) is 0 Å². The Balaban J connectivity index is 1.43. The quantitative estimate of drug-likeness (QED) is 0.665. The van der Waals surface area contributed by atoms with Crippen molar-refractivity contribution < 1.29 is 13.6 Å². The molecule has 0 spiro atoms. The van der Waals surface area contributed by atoms with E-state index in [2.05, 4.69) is 11.9 Å². The zero-order chi connectivity index (χ0) is 17.6. The molecule has 2 atom stereocenters. The smallest absolute Gasteiger partial charge is 0.273 e. The fourth-order valence-electron chi connectivity index (χ4n) is 2.93. The summed E-state index contributed by atoms with van der Waals surface area (Å²) in [5, 5.41) is 2.48. The van der Waals surface area contributed by atoms with E-state index < -0.39 is 0 Å². The number of carbonyl (C=O) groups is 1. The van der Waals surface area contributed by atoms with Crippen LogP contribution in [0.25, 0.3) is 10.8 Å².